The van der Waals surface area contributed by atoms with Crippen LogP contribution in [-0.2, 0) is 0 Å². The number of carbonyl (C=O) groups is 1. The molecule has 0 unspecified atom stereocenters. The van der Waals surface area contributed by atoms with Gasteiger partial charge in [0.05, 0.1) is 11.2 Å². The molecule has 0 radical (unpaired) electrons. The van der Waals surface area contributed by atoms with Crippen molar-refractivity contribution in [2.75, 3.05) is 24.5 Å². The molecule has 2 heterocycles. The molecule has 1 saturated heterocycles. The first-order valence-corrected chi connectivity index (χ1v) is 8.52. The van der Waals surface area contributed by atoms with Crippen LogP contribution in [0.4, 0.5) is 5.95 Å². The third kappa shape index (κ3) is 3.35. The summed E-state index contributed by atoms with van der Waals surface area (Å²) < 4.78 is 0. The van der Waals surface area contributed by atoms with Crippen molar-refractivity contribution in [3.05, 3.63) is 16.9 Å². The van der Waals surface area contributed by atoms with Crippen LogP contribution in [0.15, 0.2) is 6.20 Å². The van der Waals surface area contributed by atoms with E-state index in [2.05, 4.69) is 14.9 Å². The summed E-state index contributed by atoms with van der Waals surface area (Å²) in [6.45, 7) is 6.78. The number of aromatic nitrogens is 2. The number of hydrogen-bond acceptors (Lipinski definition) is 4. The number of hydrogen-bond donors (Lipinski definition) is 0. The average molecular weight is 323 g/mol. The highest BCUT2D eigenvalue weighted by atomic mass is 35.5. The smallest absolute Gasteiger partial charge is 0.274 e. The Kier molecular flexibility index (Phi) is 4.52. The van der Waals surface area contributed by atoms with Gasteiger partial charge in [0.2, 0.25) is 5.95 Å². The molecule has 1 aliphatic heterocycles. The van der Waals surface area contributed by atoms with E-state index in [0.717, 1.165) is 32.5 Å². The van der Waals surface area contributed by atoms with Crippen molar-refractivity contribution in [2.24, 2.45) is 5.92 Å². The highest BCUT2D eigenvalue weighted by Gasteiger charge is 2.30. The highest BCUT2D eigenvalue weighted by molar-refractivity contribution is 6.33. The van der Waals surface area contributed by atoms with Crippen molar-refractivity contribution in [1.29, 1.82) is 0 Å². The first kappa shape index (κ1) is 15.5. The van der Waals surface area contributed by atoms with Gasteiger partial charge in [0.15, 0.2) is 5.69 Å². The lowest BCUT2D eigenvalue weighted by Crippen LogP contribution is -2.39. The Bertz CT molecular complexity index is 553. The topological polar surface area (TPSA) is 49.3 Å². The van der Waals surface area contributed by atoms with Crippen molar-refractivity contribution in [1.82, 2.24) is 14.9 Å². The van der Waals surface area contributed by atoms with Crippen LogP contribution in [0.25, 0.3) is 0 Å². The van der Waals surface area contributed by atoms with E-state index in [4.69, 9.17) is 11.6 Å². The lowest BCUT2D eigenvalue weighted by molar-refractivity contribution is 0.0690. The zero-order valence-electron chi connectivity index (χ0n) is 13.3. The molecule has 22 heavy (non-hydrogen) atoms. The molecular formula is C16H23ClN4O. The van der Waals surface area contributed by atoms with E-state index >= 15 is 0 Å². The van der Waals surface area contributed by atoms with Gasteiger partial charge in [-0.2, -0.15) is 0 Å². The third-order valence-corrected chi connectivity index (χ3v) is 4.64. The first-order valence-electron chi connectivity index (χ1n) is 8.14. The van der Waals surface area contributed by atoms with E-state index in [1.54, 1.807) is 6.20 Å². The minimum absolute atomic E-state index is 0.0743. The third-order valence-electron chi connectivity index (χ3n) is 4.36. The molecule has 1 aromatic rings. The Labute approximate surface area is 136 Å². The monoisotopic (exact) mass is 322 g/mol. The van der Waals surface area contributed by atoms with Gasteiger partial charge >= 0.3 is 0 Å². The average Bonchev–Trinajstić information content (AvgIpc) is 3.15. The Morgan fingerprint density at radius 1 is 1.41 bits per heavy atom. The summed E-state index contributed by atoms with van der Waals surface area (Å²) in [4.78, 5) is 25.6. The number of rotatable bonds is 5. The zero-order chi connectivity index (χ0) is 15.7. The highest BCUT2D eigenvalue weighted by Crippen LogP contribution is 2.31. The molecule has 1 saturated carbocycles. The first-order chi connectivity index (χ1) is 10.6. The Morgan fingerprint density at radius 2 is 2.09 bits per heavy atom. The van der Waals surface area contributed by atoms with Crippen LogP contribution in [0.5, 0.6) is 0 Å². The van der Waals surface area contributed by atoms with Crippen molar-refractivity contribution in [3.63, 3.8) is 0 Å². The standard InChI is InChI=1S/C16H23ClN4O/c1-11(2)21(10-12-5-6-12)15(22)14-13(17)9-18-16(19-14)20-7-3-4-8-20/h9,11-12H,3-8,10H2,1-2H3. The van der Waals surface area contributed by atoms with Crippen LogP contribution >= 0.6 is 11.6 Å². The van der Waals surface area contributed by atoms with E-state index in [0.29, 0.717) is 22.6 Å². The second kappa shape index (κ2) is 6.41. The molecule has 0 spiro atoms. The molecule has 0 N–H and O–H groups in total. The van der Waals surface area contributed by atoms with Crippen LogP contribution in [0, 0.1) is 5.92 Å². The molecule has 120 valence electrons. The van der Waals surface area contributed by atoms with Gasteiger partial charge in [-0.15, -0.1) is 0 Å². The Balaban J connectivity index is 1.84. The van der Waals surface area contributed by atoms with E-state index in [1.165, 1.54) is 12.8 Å². The number of halogens is 1. The van der Waals surface area contributed by atoms with Gasteiger partial charge in [0, 0.05) is 25.7 Å². The summed E-state index contributed by atoms with van der Waals surface area (Å²) in [5.41, 5.74) is 0.341. The fourth-order valence-electron chi connectivity index (χ4n) is 2.82. The van der Waals surface area contributed by atoms with Gasteiger partial charge in [0.1, 0.15) is 0 Å². The lowest BCUT2D eigenvalue weighted by Gasteiger charge is -2.27. The summed E-state index contributed by atoms with van der Waals surface area (Å²) in [5, 5.41) is 0.342. The summed E-state index contributed by atoms with van der Waals surface area (Å²) in [7, 11) is 0. The minimum atomic E-state index is -0.0743. The van der Waals surface area contributed by atoms with Crippen LogP contribution in [0.2, 0.25) is 5.02 Å². The summed E-state index contributed by atoms with van der Waals surface area (Å²) >= 11 is 6.21. The number of amides is 1. The lowest BCUT2D eigenvalue weighted by atomic mass is 10.2. The summed E-state index contributed by atoms with van der Waals surface area (Å²) in [6, 6.07) is 0.148. The SMILES string of the molecule is CC(C)N(CC1CC1)C(=O)c1nc(N2CCCC2)ncc1Cl. The predicted octanol–water partition coefficient (Wildman–Crippen LogP) is 2.99. The molecule has 0 bridgehead atoms. The molecule has 0 atom stereocenters. The number of anilines is 1. The molecule has 2 aliphatic rings. The van der Waals surface area contributed by atoms with Crippen molar-refractivity contribution in [3.8, 4) is 0 Å². The number of carbonyl (C=O) groups excluding carboxylic acids is 1. The molecule has 5 nitrogen and oxygen atoms in total. The fourth-order valence-corrected chi connectivity index (χ4v) is 2.99. The largest absolute Gasteiger partial charge is 0.341 e. The Morgan fingerprint density at radius 3 is 2.68 bits per heavy atom. The van der Waals surface area contributed by atoms with Crippen molar-refractivity contribution >= 4 is 23.5 Å². The molecule has 2 fully saturated rings. The van der Waals surface area contributed by atoms with E-state index < -0.39 is 0 Å². The van der Waals surface area contributed by atoms with Crippen molar-refractivity contribution in [2.45, 2.75) is 45.6 Å². The second-order valence-corrected chi connectivity index (χ2v) is 6.96. The van der Waals surface area contributed by atoms with Gasteiger partial charge in [-0.25, -0.2) is 9.97 Å². The van der Waals surface area contributed by atoms with Gasteiger partial charge < -0.3 is 9.80 Å². The maximum absolute atomic E-state index is 12.9. The molecule has 0 aromatic carbocycles. The fraction of sp³-hybridized carbons (Fsp3) is 0.688. The van der Waals surface area contributed by atoms with E-state index in [9.17, 15) is 4.79 Å². The summed E-state index contributed by atoms with van der Waals surface area (Å²) in [5.74, 6) is 1.19. The molecule has 3 rings (SSSR count). The van der Waals surface area contributed by atoms with Gasteiger partial charge in [-0.05, 0) is 45.4 Å². The molecule has 1 aromatic heterocycles. The Hall–Kier alpha value is -1.36. The summed E-state index contributed by atoms with van der Waals surface area (Å²) in [6.07, 6.45) is 6.29. The van der Waals surface area contributed by atoms with Gasteiger partial charge in [-0.1, -0.05) is 11.6 Å². The maximum Gasteiger partial charge on any atom is 0.274 e. The second-order valence-electron chi connectivity index (χ2n) is 6.56. The van der Waals surface area contributed by atoms with Gasteiger partial charge in [0.25, 0.3) is 5.91 Å². The molecule has 1 amide bonds. The number of nitrogens with zero attached hydrogens (tertiary/aromatic N) is 4. The van der Waals surface area contributed by atoms with Crippen LogP contribution in [0.3, 0.4) is 0 Å². The predicted molar refractivity (Wildman–Crippen MR) is 87.4 cm³/mol. The van der Waals surface area contributed by atoms with Crippen LogP contribution in [0.1, 0.15) is 50.0 Å². The van der Waals surface area contributed by atoms with Crippen LogP contribution in [-0.4, -0.2) is 46.5 Å². The molecule has 1 aliphatic carbocycles. The minimum Gasteiger partial charge on any atom is -0.341 e. The maximum atomic E-state index is 12.9. The molecule has 6 heteroatoms. The van der Waals surface area contributed by atoms with Gasteiger partial charge in [-0.3, -0.25) is 4.79 Å². The zero-order valence-corrected chi connectivity index (χ0v) is 14.0. The molecular weight excluding hydrogens is 300 g/mol. The van der Waals surface area contributed by atoms with Crippen LogP contribution < -0.4 is 4.90 Å². The normalized spacial score (nSPS) is 18.1. The van der Waals surface area contributed by atoms with E-state index in [-0.39, 0.29) is 11.9 Å². The van der Waals surface area contributed by atoms with E-state index in [1.807, 2.05) is 18.7 Å². The quantitative estimate of drug-likeness (QED) is 0.836. The van der Waals surface area contributed by atoms with Crippen molar-refractivity contribution < 1.29 is 4.79 Å².